The third kappa shape index (κ3) is 3.47. The highest BCUT2D eigenvalue weighted by Crippen LogP contribution is 2.39. The van der Waals surface area contributed by atoms with Gasteiger partial charge in [0.15, 0.2) is 5.43 Å². The maximum absolute atomic E-state index is 13.9. The maximum atomic E-state index is 13.9. The van der Waals surface area contributed by atoms with Gasteiger partial charge in [-0.05, 0) is 53.6 Å². The van der Waals surface area contributed by atoms with Crippen molar-refractivity contribution in [2.75, 3.05) is 7.11 Å². The summed E-state index contributed by atoms with van der Waals surface area (Å²) in [6.45, 7) is 0.138. The summed E-state index contributed by atoms with van der Waals surface area (Å²) in [5.74, 6) is -0.582. The molecule has 4 aromatic rings. The smallest absolute Gasteiger partial charge is 0.291 e. The van der Waals surface area contributed by atoms with Crippen LogP contribution >= 0.6 is 0 Å². The Labute approximate surface area is 192 Å². The van der Waals surface area contributed by atoms with E-state index in [2.05, 4.69) is 0 Å². The number of hydrogen-bond donors (Lipinski definition) is 0. The Kier molecular flexibility index (Phi) is 5.09. The molecule has 1 aliphatic rings. The number of carbonyl (C=O) groups is 1. The number of benzene rings is 3. The first-order chi connectivity index (χ1) is 16.4. The number of hydrogen-bond acceptors (Lipinski definition) is 6. The first kappa shape index (κ1) is 21.3. The van der Waals surface area contributed by atoms with Crippen LogP contribution in [0, 0.1) is 15.9 Å². The van der Waals surface area contributed by atoms with Gasteiger partial charge in [-0.15, -0.1) is 0 Å². The van der Waals surface area contributed by atoms with Crippen LogP contribution in [0.4, 0.5) is 10.1 Å². The molecule has 0 saturated heterocycles. The van der Waals surface area contributed by atoms with Crippen molar-refractivity contribution < 1.29 is 23.3 Å². The summed E-state index contributed by atoms with van der Waals surface area (Å²) >= 11 is 0. The van der Waals surface area contributed by atoms with Gasteiger partial charge in [-0.3, -0.25) is 19.7 Å². The second-order valence-electron chi connectivity index (χ2n) is 7.85. The maximum Gasteiger partial charge on any atom is 0.291 e. The van der Waals surface area contributed by atoms with Crippen LogP contribution in [0.1, 0.15) is 33.3 Å². The fraction of sp³-hybridized carbons (Fsp3) is 0.120. The van der Waals surface area contributed by atoms with E-state index in [9.17, 15) is 24.1 Å². The summed E-state index contributed by atoms with van der Waals surface area (Å²) in [4.78, 5) is 38.9. The van der Waals surface area contributed by atoms with E-state index in [0.717, 1.165) is 17.7 Å². The average Bonchev–Trinajstić information content (AvgIpc) is 3.12. The SMILES string of the molecule is COc1ccc(CN2C(=O)c3oc4ccc(F)cc4c(=O)c3C2c2ccc([N+](=O)[O-])cc2)cc1. The summed E-state index contributed by atoms with van der Waals surface area (Å²) in [6, 6.07) is 15.4. The Morgan fingerprint density at radius 2 is 1.76 bits per heavy atom. The van der Waals surface area contributed by atoms with Crippen LogP contribution in [0.5, 0.6) is 5.75 Å². The standard InChI is InChI=1S/C25H17FN2O6/c1-33-18-9-2-14(3-10-18)13-27-22(15-4-7-17(8-5-15)28(31)32)21-23(29)19-12-16(26)6-11-20(19)34-24(21)25(27)30/h2-12,22H,13H2,1H3. The van der Waals surface area contributed by atoms with E-state index in [-0.39, 0.29) is 34.5 Å². The summed E-state index contributed by atoms with van der Waals surface area (Å²) in [6.07, 6.45) is 0. The van der Waals surface area contributed by atoms with Gasteiger partial charge in [-0.2, -0.15) is 0 Å². The van der Waals surface area contributed by atoms with Crippen molar-refractivity contribution in [3.63, 3.8) is 0 Å². The predicted molar refractivity (Wildman–Crippen MR) is 120 cm³/mol. The van der Waals surface area contributed by atoms with Gasteiger partial charge in [0.2, 0.25) is 5.76 Å². The monoisotopic (exact) mass is 460 g/mol. The lowest BCUT2D eigenvalue weighted by Gasteiger charge is -2.25. The second-order valence-corrected chi connectivity index (χ2v) is 7.85. The number of nitro groups is 1. The minimum absolute atomic E-state index is 0.0183. The highest BCUT2D eigenvalue weighted by atomic mass is 19.1. The van der Waals surface area contributed by atoms with Crippen LogP contribution in [0.25, 0.3) is 11.0 Å². The molecule has 5 rings (SSSR count). The summed E-state index contributed by atoms with van der Waals surface area (Å²) in [5, 5.41) is 11.1. The van der Waals surface area contributed by atoms with Crippen molar-refractivity contribution >= 4 is 22.6 Å². The number of ether oxygens (including phenoxy) is 1. The van der Waals surface area contributed by atoms with Crippen molar-refractivity contribution in [3.8, 4) is 5.75 Å². The van der Waals surface area contributed by atoms with Crippen LogP contribution in [0.15, 0.2) is 75.9 Å². The highest BCUT2D eigenvalue weighted by molar-refractivity contribution is 5.99. The molecule has 170 valence electrons. The summed E-state index contributed by atoms with van der Waals surface area (Å²) in [5.41, 5.74) is 0.802. The number of nitrogens with zero attached hydrogens (tertiary/aromatic N) is 2. The predicted octanol–water partition coefficient (Wildman–Crippen LogP) is 4.59. The van der Waals surface area contributed by atoms with E-state index < -0.39 is 28.1 Å². The first-order valence-electron chi connectivity index (χ1n) is 10.3. The lowest BCUT2D eigenvalue weighted by Crippen LogP contribution is -2.29. The Balaban J connectivity index is 1.68. The molecule has 1 atom stereocenters. The normalized spacial score (nSPS) is 14.9. The van der Waals surface area contributed by atoms with E-state index in [1.54, 1.807) is 31.4 Å². The highest BCUT2D eigenvalue weighted by Gasteiger charge is 2.42. The zero-order valence-corrected chi connectivity index (χ0v) is 17.9. The molecule has 34 heavy (non-hydrogen) atoms. The second kappa shape index (κ2) is 8.11. The molecule has 0 aliphatic carbocycles. The minimum atomic E-state index is -0.866. The number of carbonyl (C=O) groups excluding carboxylic acids is 1. The average molecular weight is 460 g/mol. The van der Waals surface area contributed by atoms with Gasteiger partial charge in [0.1, 0.15) is 17.1 Å². The van der Waals surface area contributed by atoms with Crippen LogP contribution in [-0.2, 0) is 6.54 Å². The molecule has 9 heteroatoms. The quantitative estimate of drug-likeness (QED) is 0.319. The van der Waals surface area contributed by atoms with Gasteiger partial charge in [-0.25, -0.2) is 4.39 Å². The Hall–Kier alpha value is -4.53. The number of methoxy groups -OCH3 is 1. The van der Waals surface area contributed by atoms with Crippen molar-refractivity contribution in [3.05, 3.63) is 115 Å². The molecule has 0 radical (unpaired) electrons. The fourth-order valence-electron chi connectivity index (χ4n) is 4.21. The number of nitro benzene ring substituents is 1. The molecule has 1 amide bonds. The van der Waals surface area contributed by atoms with Crippen molar-refractivity contribution in [2.45, 2.75) is 12.6 Å². The molecule has 8 nitrogen and oxygen atoms in total. The molecule has 3 aromatic carbocycles. The van der Waals surface area contributed by atoms with Gasteiger partial charge in [0.25, 0.3) is 11.6 Å². The molecule has 0 N–H and O–H groups in total. The zero-order chi connectivity index (χ0) is 24.0. The van der Waals surface area contributed by atoms with Gasteiger partial charge in [-0.1, -0.05) is 12.1 Å². The van der Waals surface area contributed by atoms with Gasteiger partial charge < -0.3 is 14.1 Å². The number of rotatable bonds is 5. The Morgan fingerprint density at radius 3 is 2.41 bits per heavy atom. The summed E-state index contributed by atoms with van der Waals surface area (Å²) < 4.78 is 24.8. The summed E-state index contributed by atoms with van der Waals surface area (Å²) in [7, 11) is 1.55. The third-order valence-electron chi connectivity index (χ3n) is 5.86. The third-order valence-corrected chi connectivity index (χ3v) is 5.86. The molecular weight excluding hydrogens is 443 g/mol. The van der Waals surface area contributed by atoms with Crippen molar-refractivity contribution in [2.24, 2.45) is 0 Å². The van der Waals surface area contributed by atoms with E-state index in [1.807, 2.05) is 0 Å². The van der Waals surface area contributed by atoms with E-state index in [0.29, 0.717) is 11.3 Å². The molecular formula is C25H17FN2O6. The molecule has 2 heterocycles. The minimum Gasteiger partial charge on any atom is -0.497 e. The molecule has 0 bridgehead atoms. The Bertz CT molecular complexity index is 1500. The number of amides is 1. The van der Waals surface area contributed by atoms with Crippen LogP contribution < -0.4 is 10.2 Å². The van der Waals surface area contributed by atoms with Crippen LogP contribution in [0.3, 0.4) is 0 Å². The fourth-order valence-corrected chi connectivity index (χ4v) is 4.21. The first-order valence-corrected chi connectivity index (χ1v) is 10.3. The number of fused-ring (bicyclic) bond motifs is 2. The lowest BCUT2D eigenvalue weighted by atomic mass is 9.98. The molecule has 1 aliphatic heterocycles. The van der Waals surface area contributed by atoms with Crippen molar-refractivity contribution in [1.82, 2.24) is 4.90 Å². The van der Waals surface area contributed by atoms with Gasteiger partial charge in [0, 0.05) is 18.7 Å². The van der Waals surface area contributed by atoms with Crippen LogP contribution in [0.2, 0.25) is 0 Å². The van der Waals surface area contributed by atoms with Crippen LogP contribution in [-0.4, -0.2) is 22.8 Å². The molecule has 1 aromatic heterocycles. The van der Waals surface area contributed by atoms with E-state index >= 15 is 0 Å². The Morgan fingerprint density at radius 1 is 1.06 bits per heavy atom. The van der Waals surface area contributed by atoms with E-state index in [4.69, 9.17) is 9.15 Å². The largest absolute Gasteiger partial charge is 0.497 e. The van der Waals surface area contributed by atoms with Gasteiger partial charge in [0.05, 0.1) is 29.0 Å². The van der Waals surface area contributed by atoms with Crippen molar-refractivity contribution in [1.29, 1.82) is 0 Å². The number of non-ortho nitro benzene ring substituents is 1. The zero-order valence-electron chi connectivity index (χ0n) is 17.9. The van der Waals surface area contributed by atoms with Gasteiger partial charge >= 0.3 is 0 Å². The topological polar surface area (TPSA) is 103 Å². The molecule has 0 fully saturated rings. The number of halogens is 1. The molecule has 0 saturated carbocycles. The lowest BCUT2D eigenvalue weighted by molar-refractivity contribution is -0.384. The molecule has 1 unspecified atom stereocenters. The molecule has 0 spiro atoms. The van der Waals surface area contributed by atoms with E-state index in [1.165, 1.54) is 35.2 Å².